The Morgan fingerprint density at radius 3 is 2.14 bits per heavy atom. The summed E-state index contributed by atoms with van der Waals surface area (Å²) >= 11 is 12.0. The lowest BCUT2D eigenvalue weighted by atomic mass is 10.2. The van der Waals surface area contributed by atoms with Gasteiger partial charge in [0, 0.05) is 5.69 Å². The van der Waals surface area contributed by atoms with Gasteiger partial charge < -0.3 is 10.1 Å². The smallest absolute Gasteiger partial charge is 0.273 e. The lowest BCUT2D eigenvalue weighted by molar-refractivity contribution is -0.133. The number of para-hydroxylation sites is 2. The summed E-state index contributed by atoms with van der Waals surface area (Å²) in [5, 5.41) is 3.07. The summed E-state index contributed by atoms with van der Waals surface area (Å²) in [5.74, 6) is -0.937. The third kappa shape index (κ3) is 4.00. The topological polar surface area (TPSA) is 55.4 Å². The molecule has 0 saturated heterocycles. The summed E-state index contributed by atoms with van der Waals surface area (Å²) in [5.41, 5.74) is 0.563. The van der Waals surface area contributed by atoms with Crippen LogP contribution in [0.2, 0.25) is 10.0 Å². The summed E-state index contributed by atoms with van der Waals surface area (Å²) in [6, 6.07) is 13.5. The van der Waals surface area contributed by atoms with Gasteiger partial charge in [-0.2, -0.15) is 0 Å². The number of nitrogens with one attached hydrogen (secondary N) is 1. The van der Waals surface area contributed by atoms with E-state index in [0.29, 0.717) is 5.69 Å². The van der Waals surface area contributed by atoms with Crippen LogP contribution in [0.5, 0.6) is 5.75 Å². The van der Waals surface area contributed by atoms with E-state index >= 15 is 0 Å². The highest BCUT2D eigenvalue weighted by atomic mass is 35.5. The molecule has 2 aromatic rings. The second-order valence-electron chi connectivity index (χ2n) is 4.51. The Bertz CT molecular complexity index is 669. The van der Waals surface area contributed by atoms with Crippen LogP contribution in [0.25, 0.3) is 0 Å². The number of benzene rings is 2. The first-order valence-corrected chi connectivity index (χ1v) is 7.21. The van der Waals surface area contributed by atoms with E-state index in [9.17, 15) is 9.59 Å². The largest absolute Gasteiger partial charge is 0.470 e. The van der Waals surface area contributed by atoms with Gasteiger partial charge in [0.05, 0.1) is 10.0 Å². The van der Waals surface area contributed by atoms with Gasteiger partial charge in [-0.15, -0.1) is 0 Å². The minimum Gasteiger partial charge on any atom is -0.470 e. The van der Waals surface area contributed by atoms with Gasteiger partial charge in [-0.05, 0) is 31.2 Å². The van der Waals surface area contributed by atoms with E-state index in [2.05, 4.69) is 5.32 Å². The molecule has 0 saturated carbocycles. The maximum atomic E-state index is 12.2. The number of rotatable bonds is 5. The first-order valence-electron chi connectivity index (χ1n) is 6.46. The van der Waals surface area contributed by atoms with Crippen molar-refractivity contribution in [2.75, 3.05) is 5.32 Å². The maximum Gasteiger partial charge on any atom is 0.273 e. The average Bonchev–Trinajstić information content (AvgIpc) is 2.47. The molecule has 0 bridgehead atoms. The third-order valence-corrected chi connectivity index (χ3v) is 3.40. The van der Waals surface area contributed by atoms with Gasteiger partial charge in [0.2, 0.25) is 6.10 Å². The fourth-order valence-electron chi connectivity index (χ4n) is 1.76. The molecule has 0 aliphatic heterocycles. The Balaban J connectivity index is 2.20. The molecule has 0 aromatic heterocycles. The van der Waals surface area contributed by atoms with Crippen molar-refractivity contribution in [3.63, 3.8) is 0 Å². The van der Waals surface area contributed by atoms with Crippen molar-refractivity contribution >= 4 is 40.6 Å². The summed E-state index contributed by atoms with van der Waals surface area (Å²) < 4.78 is 5.45. The molecule has 2 rings (SSSR count). The minimum absolute atomic E-state index is 0.106. The van der Waals surface area contributed by atoms with E-state index < -0.39 is 17.8 Å². The highest BCUT2D eigenvalue weighted by Gasteiger charge is 2.27. The lowest BCUT2D eigenvalue weighted by Crippen LogP contribution is -2.38. The van der Waals surface area contributed by atoms with Crippen LogP contribution < -0.4 is 10.1 Å². The predicted octanol–water partition coefficient (Wildman–Crippen LogP) is 3.97. The highest BCUT2D eigenvalue weighted by molar-refractivity contribution is 6.37. The molecule has 1 N–H and O–H groups in total. The molecular weight excluding hydrogens is 325 g/mol. The van der Waals surface area contributed by atoms with Crippen LogP contribution in [0.15, 0.2) is 48.5 Å². The number of hydrogen-bond acceptors (Lipinski definition) is 3. The zero-order chi connectivity index (χ0) is 16.1. The molecule has 0 fully saturated rings. The standard InChI is InChI=1S/C16H13Cl2NO3/c1-10(20)14(16(21)19-11-6-3-2-4-7-11)22-15-12(17)8-5-9-13(15)18/h2-9,14H,1H3,(H,19,21). The molecule has 0 spiro atoms. The van der Waals surface area contributed by atoms with Crippen LogP contribution in [-0.4, -0.2) is 17.8 Å². The van der Waals surface area contributed by atoms with E-state index in [0.717, 1.165) is 0 Å². The number of carbonyl (C=O) groups is 2. The molecule has 1 unspecified atom stereocenters. The van der Waals surface area contributed by atoms with Crippen LogP contribution in [-0.2, 0) is 9.59 Å². The minimum atomic E-state index is -1.34. The zero-order valence-electron chi connectivity index (χ0n) is 11.7. The molecule has 4 nitrogen and oxygen atoms in total. The molecule has 2 aromatic carbocycles. The summed E-state index contributed by atoms with van der Waals surface area (Å²) in [7, 11) is 0. The van der Waals surface area contributed by atoms with Crippen molar-refractivity contribution in [2.45, 2.75) is 13.0 Å². The molecule has 1 atom stereocenters. The number of ether oxygens (including phenoxy) is 1. The number of ketones is 1. The van der Waals surface area contributed by atoms with E-state index in [1.807, 2.05) is 6.07 Å². The van der Waals surface area contributed by atoms with Gasteiger partial charge in [0.1, 0.15) is 0 Å². The van der Waals surface area contributed by atoms with Crippen LogP contribution in [0.3, 0.4) is 0 Å². The van der Waals surface area contributed by atoms with Crippen molar-refractivity contribution in [3.8, 4) is 5.75 Å². The number of hydrogen-bond donors (Lipinski definition) is 1. The lowest BCUT2D eigenvalue weighted by Gasteiger charge is -2.18. The maximum absolute atomic E-state index is 12.2. The number of Topliss-reactive ketones (excluding diaryl/α,β-unsaturated/α-hetero) is 1. The predicted molar refractivity (Wildman–Crippen MR) is 86.6 cm³/mol. The molecule has 114 valence electrons. The monoisotopic (exact) mass is 337 g/mol. The van der Waals surface area contributed by atoms with E-state index in [1.165, 1.54) is 6.92 Å². The highest BCUT2D eigenvalue weighted by Crippen LogP contribution is 2.33. The second-order valence-corrected chi connectivity index (χ2v) is 5.33. The zero-order valence-corrected chi connectivity index (χ0v) is 13.2. The Labute approximate surface area is 138 Å². The van der Waals surface area contributed by atoms with E-state index in [1.54, 1.807) is 42.5 Å². The van der Waals surface area contributed by atoms with Gasteiger partial charge >= 0.3 is 0 Å². The number of carbonyl (C=O) groups excluding carboxylic acids is 2. The van der Waals surface area contributed by atoms with E-state index in [-0.39, 0.29) is 15.8 Å². The molecule has 0 aliphatic carbocycles. The van der Waals surface area contributed by atoms with Crippen molar-refractivity contribution in [2.24, 2.45) is 0 Å². The summed E-state index contributed by atoms with van der Waals surface area (Å²) in [6.07, 6.45) is -1.34. The second kappa shape index (κ2) is 7.29. The first-order chi connectivity index (χ1) is 10.5. The fraction of sp³-hybridized carbons (Fsp3) is 0.125. The van der Waals surface area contributed by atoms with Gasteiger partial charge in [0.15, 0.2) is 11.5 Å². The third-order valence-electron chi connectivity index (χ3n) is 2.80. The Hall–Kier alpha value is -2.04. The summed E-state index contributed by atoms with van der Waals surface area (Å²) in [6.45, 7) is 1.26. The van der Waals surface area contributed by atoms with Gasteiger partial charge in [0.25, 0.3) is 5.91 Å². The summed E-state index contributed by atoms with van der Waals surface area (Å²) in [4.78, 5) is 24.0. The van der Waals surface area contributed by atoms with Gasteiger partial charge in [-0.3, -0.25) is 9.59 Å². The Morgan fingerprint density at radius 2 is 1.59 bits per heavy atom. The van der Waals surface area contributed by atoms with E-state index in [4.69, 9.17) is 27.9 Å². The molecule has 0 heterocycles. The molecular formula is C16H13Cl2NO3. The quantitative estimate of drug-likeness (QED) is 0.840. The van der Waals surface area contributed by atoms with Crippen molar-refractivity contribution in [1.29, 1.82) is 0 Å². The van der Waals surface area contributed by atoms with Crippen LogP contribution >= 0.6 is 23.2 Å². The average molecular weight is 338 g/mol. The van der Waals surface area contributed by atoms with Gasteiger partial charge in [-0.25, -0.2) is 0 Å². The molecule has 1 amide bonds. The van der Waals surface area contributed by atoms with Crippen molar-refractivity contribution < 1.29 is 14.3 Å². The van der Waals surface area contributed by atoms with Crippen LogP contribution in [0, 0.1) is 0 Å². The number of anilines is 1. The molecule has 6 heteroatoms. The van der Waals surface area contributed by atoms with Crippen LogP contribution in [0.4, 0.5) is 5.69 Å². The normalized spacial score (nSPS) is 11.6. The first kappa shape index (κ1) is 16.3. The molecule has 0 aliphatic rings. The fourth-order valence-corrected chi connectivity index (χ4v) is 2.25. The van der Waals surface area contributed by atoms with Crippen molar-refractivity contribution in [1.82, 2.24) is 0 Å². The van der Waals surface area contributed by atoms with Gasteiger partial charge in [-0.1, -0.05) is 47.5 Å². The SMILES string of the molecule is CC(=O)C(Oc1c(Cl)cccc1Cl)C(=O)Nc1ccccc1. The molecule has 0 radical (unpaired) electrons. The van der Waals surface area contributed by atoms with Crippen molar-refractivity contribution in [3.05, 3.63) is 58.6 Å². The Kier molecular flexibility index (Phi) is 5.41. The Morgan fingerprint density at radius 1 is 1.00 bits per heavy atom. The number of halogens is 2. The number of amides is 1. The molecule has 22 heavy (non-hydrogen) atoms. The van der Waals surface area contributed by atoms with Crippen LogP contribution in [0.1, 0.15) is 6.92 Å².